The summed E-state index contributed by atoms with van der Waals surface area (Å²) in [7, 11) is 0. The molecule has 0 saturated heterocycles. The first kappa shape index (κ1) is 11.4. The van der Waals surface area contributed by atoms with Crippen LogP contribution in [0.5, 0.6) is 5.75 Å². The molecule has 0 atom stereocenters. The average Bonchev–Trinajstić information content (AvgIpc) is 2.82. The van der Waals surface area contributed by atoms with Gasteiger partial charge in [0.2, 0.25) is 0 Å². The molecule has 1 heterocycles. The van der Waals surface area contributed by atoms with Gasteiger partial charge in [-0.05, 0) is 23.6 Å². The number of nitrogens with one attached hydrogen (secondary N) is 1. The Labute approximate surface area is 103 Å². The summed E-state index contributed by atoms with van der Waals surface area (Å²) in [5, 5.41) is 14.0. The lowest BCUT2D eigenvalue weighted by Crippen LogP contribution is -1.93. The summed E-state index contributed by atoms with van der Waals surface area (Å²) in [6.45, 7) is 0. The third-order valence-corrected chi connectivity index (χ3v) is 2.98. The van der Waals surface area contributed by atoms with E-state index in [1.807, 2.05) is 11.4 Å². The largest absolute Gasteiger partial charge is 0.508 e. The van der Waals surface area contributed by atoms with E-state index in [-0.39, 0.29) is 11.5 Å². The maximum atomic E-state index is 11.6. The highest BCUT2D eigenvalue weighted by molar-refractivity contribution is 7.12. The van der Waals surface area contributed by atoms with Gasteiger partial charge in [-0.1, -0.05) is 12.1 Å². The molecule has 0 radical (unpaired) electrons. The number of allylic oxidation sites excluding steroid dienone is 1. The van der Waals surface area contributed by atoms with E-state index in [0.29, 0.717) is 4.88 Å². The second-order valence-corrected chi connectivity index (χ2v) is 4.32. The van der Waals surface area contributed by atoms with Crippen LogP contribution < -0.4 is 5.32 Å². The topological polar surface area (TPSA) is 49.3 Å². The Morgan fingerprint density at radius 3 is 2.88 bits per heavy atom. The van der Waals surface area contributed by atoms with Crippen LogP contribution in [0.3, 0.4) is 0 Å². The Bertz CT molecular complexity index is 532. The molecule has 17 heavy (non-hydrogen) atoms. The molecule has 0 aliphatic rings. The molecule has 2 N–H and O–H groups in total. The van der Waals surface area contributed by atoms with Gasteiger partial charge in [-0.15, -0.1) is 11.3 Å². The standard InChI is InChI=1S/C13H11NO2S/c15-11-4-1-3-10(9-11)14-7-6-12(16)13-5-2-8-17-13/h1-9,14-15H/b7-6+. The third kappa shape index (κ3) is 3.19. The number of carbonyl (C=O) groups is 1. The number of aromatic hydroxyl groups is 1. The minimum atomic E-state index is -0.0346. The molecule has 0 saturated carbocycles. The van der Waals surface area contributed by atoms with Gasteiger partial charge in [0, 0.05) is 24.0 Å². The Hall–Kier alpha value is -2.07. The van der Waals surface area contributed by atoms with Crippen molar-refractivity contribution in [1.82, 2.24) is 0 Å². The van der Waals surface area contributed by atoms with Crippen LogP contribution in [0.15, 0.2) is 54.1 Å². The number of ketones is 1. The van der Waals surface area contributed by atoms with Crippen molar-refractivity contribution in [2.75, 3.05) is 5.32 Å². The van der Waals surface area contributed by atoms with Crippen LogP contribution in [0.1, 0.15) is 9.67 Å². The fourth-order valence-electron chi connectivity index (χ4n) is 1.31. The predicted molar refractivity (Wildman–Crippen MR) is 69.5 cm³/mol. The molecule has 2 rings (SSSR count). The number of anilines is 1. The lowest BCUT2D eigenvalue weighted by Gasteiger charge is -2.00. The number of benzene rings is 1. The molecular formula is C13H11NO2S. The first-order valence-corrected chi connectivity index (χ1v) is 5.93. The zero-order valence-electron chi connectivity index (χ0n) is 8.96. The average molecular weight is 245 g/mol. The zero-order valence-corrected chi connectivity index (χ0v) is 9.78. The molecular weight excluding hydrogens is 234 g/mol. The van der Waals surface area contributed by atoms with E-state index in [1.54, 1.807) is 36.5 Å². The number of rotatable bonds is 4. The summed E-state index contributed by atoms with van der Waals surface area (Å²) in [5.41, 5.74) is 0.736. The summed E-state index contributed by atoms with van der Waals surface area (Å²) in [6, 6.07) is 10.3. The van der Waals surface area contributed by atoms with Crippen LogP contribution in [0, 0.1) is 0 Å². The first-order chi connectivity index (χ1) is 8.25. The number of thiophene rings is 1. The van der Waals surface area contributed by atoms with Crippen LogP contribution in [-0.4, -0.2) is 10.9 Å². The molecule has 1 aromatic carbocycles. The summed E-state index contributed by atoms with van der Waals surface area (Å²) < 4.78 is 0. The smallest absolute Gasteiger partial charge is 0.197 e. The second kappa shape index (κ2) is 5.32. The predicted octanol–water partition coefficient (Wildman–Crippen LogP) is 3.26. The van der Waals surface area contributed by atoms with E-state index in [9.17, 15) is 9.90 Å². The number of carbonyl (C=O) groups excluding carboxylic acids is 1. The van der Waals surface area contributed by atoms with Gasteiger partial charge in [-0.25, -0.2) is 0 Å². The number of hydrogen-bond donors (Lipinski definition) is 2. The number of hydrogen-bond acceptors (Lipinski definition) is 4. The molecule has 0 fully saturated rings. The van der Waals surface area contributed by atoms with Crippen molar-refractivity contribution in [3.8, 4) is 5.75 Å². The molecule has 0 spiro atoms. The minimum absolute atomic E-state index is 0.0346. The quantitative estimate of drug-likeness (QED) is 0.642. The molecule has 0 aliphatic carbocycles. The molecule has 3 nitrogen and oxygen atoms in total. The van der Waals surface area contributed by atoms with Crippen molar-refractivity contribution in [2.24, 2.45) is 0 Å². The summed E-state index contributed by atoms with van der Waals surface area (Å²) >= 11 is 1.41. The Morgan fingerprint density at radius 1 is 1.29 bits per heavy atom. The molecule has 0 unspecified atom stereocenters. The van der Waals surface area contributed by atoms with Gasteiger partial charge >= 0.3 is 0 Å². The van der Waals surface area contributed by atoms with Gasteiger partial charge in [-0.3, -0.25) is 4.79 Å². The van der Waals surface area contributed by atoms with E-state index in [4.69, 9.17) is 0 Å². The molecule has 4 heteroatoms. The van der Waals surface area contributed by atoms with Gasteiger partial charge in [0.25, 0.3) is 0 Å². The maximum absolute atomic E-state index is 11.6. The third-order valence-electron chi connectivity index (χ3n) is 2.09. The number of phenols is 1. The fraction of sp³-hybridized carbons (Fsp3) is 0. The Kier molecular flexibility index (Phi) is 3.57. The lowest BCUT2D eigenvalue weighted by molar-refractivity contribution is 0.105. The molecule has 0 aliphatic heterocycles. The normalized spacial score (nSPS) is 10.6. The van der Waals surface area contributed by atoms with Gasteiger partial charge in [0.1, 0.15) is 5.75 Å². The monoisotopic (exact) mass is 245 g/mol. The first-order valence-electron chi connectivity index (χ1n) is 5.05. The van der Waals surface area contributed by atoms with Gasteiger partial charge in [-0.2, -0.15) is 0 Å². The Morgan fingerprint density at radius 2 is 2.18 bits per heavy atom. The van der Waals surface area contributed by atoms with Crippen LogP contribution in [0.2, 0.25) is 0 Å². The van der Waals surface area contributed by atoms with Gasteiger partial charge < -0.3 is 10.4 Å². The van der Waals surface area contributed by atoms with E-state index >= 15 is 0 Å². The van der Waals surface area contributed by atoms with Crippen LogP contribution in [0.25, 0.3) is 0 Å². The van der Waals surface area contributed by atoms with Crippen LogP contribution in [-0.2, 0) is 0 Å². The van der Waals surface area contributed by atoms with Crippen molar-refractivity contribution < 1.29 is 9.90 Å². The van der Waals surface area contributed by atoms with E-state index < -0.39 is 0 Å². The van der Waals surface area contributed by atoms with Gasteiger partial charge in [0.15, 0.2) is 5.78 Å². The molecule has 86 valence electrons. The van der Waals surface area contributed by atoms with Crippen molar-refractivity contribution >= 4 is 22.8 Å². The van der Waals surface area contributed by atoms with E-state index in [2.05, 4.69) is 5.32 Å². The maximum Gasteiger partial charge on any atom is 0.197 e. The van der Waals surface area contributed by atoms with Crippen molar-refractivity contribution in [3.05, 3.63) is 58.9 Å². The molecule has 1 aromatic heterocycles. The lowest BCUT2D eigenvalue weighted by atomic mass is 10.3. The SMILES string of the molecule is O=C(/C=C/Nc1cccc(O)c1)c1cccs1. The van der Waals surface area contributed by atoms with Crippen LogP contribution >= 0.6 is 11.3 Å². The second-order valence-electron chi connectivity index (χ2n) is 3.37. The molecule has 0 amide bonds. The van der Waals surface area contributed by atoms with Crippen molar-refractivity contribution in [2.45, 2.75) is 0 Å². The fourth-order valence-corrected chi connectivity index (χ4v) is 1.96. The summed E-state index contributed by atoms with van der Waals surface area (Å²) in [4.78, 5) is 12.3. The van der Waals surface area contributed by atoms with E-state index in [0.717, 1.165) is 5.69 Å². The zero-order chi connectivity index (χ0) is 12.1. The molecule has 2 aromatic rings. The summed E-state index contributed by atoms with van der Waals surface area (Å²) in [5.74, 6) is 0.153. The van der Waals surface area contributed by atoms with Crippen LogP contribution in [0.4, 0.5) is 5.69 Å². The highest BCUT2D eigenvalue weighted by atomic mass is 32.1. The highest BCUT2D eigenvalue weighted by Crippen LogP contribution is 2.15. The van der Waals surface area contributed by atoms with Crippen molar-refractivity contribution in [3.63, 3.8) is 0 Å². The number of phenolic OH excluding ortho intramolecular Hbond substituents is 1. The van der Waals surface area contributed by atoms with E-state index in [1.165, 1.54) is 17.4 Å². The highest BCUT2D eigenvalue weighted by Gasteiger charge is 2.00. The summed E-state index contributed by atoms with van der Waals surface area (Å²) in [6.07, 6.45) is 3.03. The van der Waals surface area contributed by atoms with Crippen molar-refractivity contribution in [1.29, 1.82) is 0 Å². The van der Waals surface area contributed by atoms with Gasteiger partial charge in [0.05, 0.1) is 4.88 Å². The molecule has 0 bridgehead atoms. The minimum Gasteiger partial charge on any atom is -0.508 e. The Balaban J connectivity index is 1.96.